The van der Waals surface area contributed by atoms with Crippen LogP contribution in [-0.4, -0.2) is 9.55 Å². The molecule has 0 saturated carbocycles. The van der Waals surface area contributed by atoms with Crippen LogP contribution in [0.3, 0.4) is 0 Å². The third-order valence-electron chi connectivity index (χ3n) is 9.00. The van der Waals surface area contributed by atoms with E-state index in [-0.39, 0.29) is 0 Å². The van der Waals surface area contributed by atoms with Crippen molar-refractivity contribution in [1.82, 2.24) is 9.55 Å². The Morgan fingerprint density at radius 1 is 0.556 bits per heavy atom. The van der Waals surface area contributed by atoms with Gasteiger partial charge in [-0.15, -0.1) is 11.3 Å². The molecule has 7 aromatic carbocycles. The van der Waals surface area contributed by atoms with Crippen molar-refractivity contribution in [2.24, 2.45) is 0 Å². The van der Waals surface area contributed by atoms with Gasteiger partial charge in [-0.3, -0.25) is 0 Å². The summed E-state index contributed by atoms with van der Waals surface area (Å²) in [6, 6.07) is 51.8. The van der Waals surface area contributed by atoms with E-state index in [1.807, 2.05) is 18.2 Å². The molecule has 0 fully saturated rings. The Labute approximate surface area is 262 Å². The number of fused-ring (bicyclic) bond motifs is 9. The SMILES string of the molecule is c1ccc(-c2cc3sc(-c4ccc(-n5c6ccccc6c6cc7ccccc7cc65)cc4)nc3c3c2oc2ccccc23)cc1. The zero-order chi connectivity index (χ0) is 29.5. The molecule has 3 aromatic heterocycles. The van der Waals surface area contributed by atoms with Crippen molar-refractivity contribution in [1.29, 1.82) is 0 Å². The molecule has 3 heterocycles. The summed E-state index contributed by atoms with van der Waals surface area (Å²) in [5.74, 6) is 0. The van der Waals surface area contributed by atoms with Gasteiger partial charge in [-0.1, -0.05) is 91.0 Å². The number of benzene rings is 7. The topological polar surface area (TPSA) is 31.0 Å². The summed E-state index contributed by atoms with van der Waals surface area (Å²) in [5.41, 5.74) is 9.66. The van der Waals surface area contributed by atoms with Crippen LogP contribution in [0.25, 0.3) is 92.1 Å². The van der Waals surface area contributed by atoms with Gasteiger partial charge in [-0.2, -0.15) is 0 Å². The second-order valence-corrected chi connectivity index (χ2v) is 12.6. The highest BCUT2D eigenvalue weighted by Crippen LogP contribution is 2.44. The number of thiazole rings is 1. The monoisotopic (exact) mass is 592 g/mol. The van der Waals surface area contributed by atoms with Crippen LogP contribution in [0.2, 0.25) is 0 Å². The van der Waals surface area contributed by atoms with Crippen LogP contribution in [0.15, 0.2) is 150 Å². The molecule has 0 aliphatic heterocycles. The van der Waals surface area contributed by atoms with E-state index in [1.54, 1.807) is 11.3 Å². The Kier molecular flexibility index (Phi) is 5.16. The third-order valence-corrected chi connectivity index (χ3v) is 10.1. The van der Waals surface area contributed by atoms with Crippen LogP contribution in [0, 0.1) is 0 Å². The van der Waals surface area contributed by atoms with Gasteiger partial charge in [0.05, 0.1) is 26.6 Å². The molecule has 0 saturated heterocycles. The van der Waals surface area contributed by atoms with Crippen molar-refractivity contribution in [3.63, 3.8) is 0 Å². The second kappa shape index (κ2) is 9.39. The van der Waals surface area contributed by atoms with Crippen molar-refractivity contribution in [2.75, 3.05) is 0 Å². The first-order valence-corrected chi connectivity index (χ1v) is 15.9. The maximum absolute atomic E-state index is 6.48. The lowest BCUT2D eigenvalue weighted by Crippen LogP contribution is -1.93. The number of hydrogen-bond donors (Lipinski definition) is 0. The lowest BCUT2D eigenvalue weighted by atomic mass is 10.0. The van der Waals surface area contributed by atoms with Crippen molar-refractivity contribution < 1.29 is 4.42 Å². The Bertz CT molecular complexity index is 2750. The lowest BCUT2D eigenvalue weighted by Gasteiger charge is -2.09. The number of para-hydroxylation sites is 2. The Hall–Kier alpha value is -5.71. The molecule has 0 unspecified atom stereocenters. The molecule has 0 atom stereocenters. The van der Waals surface area contributed by atoms with Crippen LogP contribution in [-0.2, 0) is 0 Å². The number of aromatic nitrogens is 2. The summed E-state index contributed by atoms with van der Waals surface area (Å²) in [6.45, 7) is 0. The average Bonchev–Trinajstić information content (AvgIpc) is 3.79. The maximum Gasteiger partial charge on any atom is 0.145 e. The molecule has 0 radical (unpaired) electrons. The zero-order valence-electron chi connectivity index (χ0n) is 24.1. The summed E-state index contributed by atoms with van der Waals surface area (Å²) in [4.78, 5) is 5.25. The molecule has 4 heteroatoms. The molecular weight excluding hydrogens is 569 g/mol. The highest BCUT2D eigenvalue weighted by atomic mass is 32.1. The van der Waals surface area contributed by atoms with Crippen LogP contribution < -0.4 is 0 Å². The summed E-state index contributed by atoms with van der Waals surface area (Å²) < 4.78 is 10.0. The highest BCUT2D eigenvalue weighted by Gasteiger charge is 2.20. The number of furan rings is 1. The normalized spacial score (nSPS) is 12.0. The van der Waals surface area contributed by atoms with Gasteiger partial charge in [-0.05, 0) is 70.9 Å². The van der Waals surface area contributed by atoms with E-state index in [0.717, 1.165) is 59.5 Å². The van der Waals surface area contributed by atoms with Crippen LogP contribution >= 0.6 is 11.3 Å². The lowest BCUT2D eigenvalue weighted by molar-refractivity contribution is 0.670. The molecule has 45 heavy (non-hydrogen) atoms. The van der Waals surface area contributed by atoms with Crippen molar-refractivity contribution in [3.05, 3.63) is 146 Å². The van der Waals surface area contributed by atoms with Gasteiger partial charge in [0, 0.05) is 33.0 Å². The molecule has 0 amide bonds. The molecule has 0 N–H and O–H groups in total. The minimum absolute atomic E-state index is 0.884. The van der Waals surface area contributed by atoms with Crippen molar-refractivity contribution in [3.8, 4) is 27.4 Å². The predicted molar refractivity (Wildman–Crippen MR) is 190 cm³/mol. The van der Waals surface area contributed by atoms with E-state index in [2.05, 4.69) is 132 Å². The van der Waals surface area contributed by atoms with Gasteiger partial charge in [0.2, 0.25) is 0 Å². The third kappa shape index (κ3) is 3.67. The highest BCUT2D eigenvalue weighted by molar-refractivity contribution is 7.21. The Morgan fingerprint density at radius 2 is 1.27 bits per heavy atom. The van der Waals surface area contributed by atoms with E-state index < -0.39 is 0 Å². The molecule has 0 aliphatic rings. The smallest absolute Gasteiger partial charge is 0.145 e. The molecule has 210 valence electrons. The molecule has 3 nitrogen and oxygen atoms in total. The molecular formula is C41H24N2OS. The van der Waals surface area contributed by atoms with E-state index in [1.165, 1.54) is 32.6 Å². The van der Waals surface area contributed by atoms with Crippen LogP contribution in [0.4, 0.5) is 0 Å². The first-order chi connectivity index (χ1) is 22.3. The van der Waals surface area contributed by atoms with E-state index in [0.29, 0.717) is 0 Å². The van der Waals surface area contributed by atoms with Gasteiger partial charge >= 0.3 is 0 Å². The van der Waals surface area contributed by atoms with E-state index >= 15 is 0 Å². The maximum atomic E-state index is 6.48. The fourth-order valence-corrected chi connectivity index (χ4v) is 7.94. The number of hydrogen-bond acceptors (Lipinski definition) is 3. The minimum Gasteiger partial charge on any atom is -0.455 e. The van der Waals surface area contributed by atoms with Gasteiger partial charge < -0.3 is 8.98 Å². The van der Waals surface area contributed by atoms with Gasteiger partial charge in [-0.25, -0.2) is 4.98 Å². The number of nitrogens with zero attached hydrogens (tertiary/aromatic N) is 2. The Morgan fingerprint density at radius 3 is 2.11 bits per heavy atom. The van der Waals surface area contributed by atoms with E-state index in [4.69, 9.17) is 9.40 Å². The van der Waals surface area contributed by atoms with Crippen LogP contribution in [0.1, 0.15) is 0 Å². The largest absolute Gasteiger partial charge is 0.455 e. The summed E-state index contributed by atoms with van der Waals surface area (Å²) in [5, 5.41) is 8.22. The number of rotatable bonds is 3. The van der Waals surface area contributed by atoms with Gasteiger partial charge in [0.15, 0.2) is 0 Å². The molecule has 0 spiro atoms. The van der Waals surface area contributed by atoms with Crippen LogP contribution in [0.5, 0.6) is 0 Å². The zero-order valence-corrected chi connectivity index (χ0v) is 24.9. The fraction of sp³-hybridized carbons (Fsp3) is 0. The molecule has 10 rings (SSSR count). The predicted octanol–water partition coefficient (Wildman–Crippen LogP) is 11.8. The second-order valence-electron chi connectivity index (χ2n) is 11.6. The van der Waals surface area contributed by atoms with E-state index in [9.17, 15) is 0 Å². The first kappa shape index (κ1) is 24.7. The average molecular weight is 593 g/mol. The molecule has 0 bridgehead atoms. The standard InChI is InChI=1S/C41H24N2OS/c1-2-10-25(11-3-1)32-24-37-39(38-31-15-7-9-17-36(31)44-40(32)38)42-41(45-37)26-18-20-29(21-19-26)43-34-16-8-6-14-30(34)33-22-27-12-4-5-13-28(27)23-35(33)43/h1-24H. The van der Waals surface area contributed by atoms with Crippen molar-refractivity contribution in [2.45, 2.75) is 0 Å². The summed E-state index contributed by atoms with van der Waals surface area (Å²) in [6.07, 6.45) is 0. The minimum atomic E-state index is 0.884. The quantitative estimate of drug-likeness (QED) is 0.204. The van der Waals surface area contributed by atoms with Gasteiger partial charge in [0.25, 0.3) is 0 Å². The Balaban J connectivity index is 1.15. The van der Waals surface area contributed by atoms with Gasteiger partial charge in [0.1, 0.15) is 16.2 Å². The summed E-state index contributed by atoms with van der Waals surface area (Å²) >= 11 is 1.74. The first-order valence-electron chi connectivity index (χ1n) is 15.1. The molecule has 0 aliphatic carbocycles. The molecule has 10 aromatic rings. The summed E-state index contributed by atoms with van der Waals surface area (Å²) in [7, 11) is 0. The van der Waals surface area contributed by atoms with Crippen molar-refractivity contribution >= 4 is 76.1 Å². The fourth-order valence-electron chi connectivity index (χ4n) is 6.92.